The lowest BCUT2D eigenvalue weighted by molar-refractivity contribution is 0.0599. The molecule has 2 aliphatic rings. The minimum Gasteiger partial charge on any atom is -0.465 e. The molecule has 1 fully saturated rings. The van der Waals surface area contributed by atoms with Gasteiger partial charge in [-0.05, 0) is 43.1 Å². The van der Waals surface area contributed by atoms with Crippen LogP contribution in [0.1, 0.15) is 57.0 Å². The number of carbonyl (C=O) groups excluding carboxylic acids is 3. The molecule has 8 nitrogen and oxygen atoms in total. The molecular weight excluding hydrogens is 420 g/mol. The molecule has 8 heteroatoms. The van der Waals surface area contributed by atoms with Crippen LogP contribution in [0.2, 0.25) is 0 Å². The third-order valence-electron chi connectivity index (χ3n) is 6.20. The Bertz CT molecular complexity index is 1030. The fourth-order valence-electron chi connectivity index (χ4n) is 4.24. The Hall–Kier alpha value is -3.26. The number of nitrogens with zero attached hydrogens (tertiary/aromatic N) is 4. The van der Waals surface area contributed by atoms with Gasteiger partial charge in [-0.15, -0.1) is 0 Å². The molecule has 0 radical (unpaired) electrons. The molecule has 0 N–H and O–H groups in total. The molecule has 0 saturated carbocycles. The van der Waals surface area contributed by atoms with Crippen LogP contribution < -0.4 is 4.90 Å². The van der Waals surface area contributed by atoms with Crippen molar-refractivity contribution < 1.29 is 19.1 Å². The van der Waals surface area contributed by atoms with Gasteiger partial charge in [-0.25, -0.2) is 9.78 Å². The predicted molar refractivity (Wildman–Crippen MR) is 124 cm³/mol. The Morgan fingerprint density at radius 2 is 1.67 bits per heavy atom. The summed E-state index contributed by atoms with van der Waals surface area (Å²) in [4.78, 5) is 48.4. The maximum atomic E-state index is 12.8. The van der Waals surface area contributed by atoms with E-state index in [1.54, 1.807) is 36.4 Å². The van der Waals surface area contributed by atoms with Crippen LogP contribution in [0.15, 0.2) is 36.4 Å². The van der Waals surface area contributed by atoms with Gasteiger partial charge in [0.25, 0.3) is 11.8 Å². The molecule has 1 saturated heterocycles. The first kappa shape index (κ1) is 22.9. The van der Waals surface area contributed by atoms with Crippen molar-refractivity contribution in [2.24, 2.45) is 5.92 Å². The van der Waals surface area contributed by atoms with Crippen LogP contribution in [-0.4, -0.2) is 72.4 Å². The van der Waals surface area contributed by atoms with E-state index < -0.39 is 5.97 Å². The predicted octanol–water partition coefficient (Wildman–Crippen LogP) is 2.83. The summed E-state index contributed by atoms with van der Waals surface area (Å²) in [5.41, 5.74) is 1.62. The number of pyridine rings is 1. The smallest absolute Gasteiger partial charge is 0.338 e. The zero-order valence-corrected chi connectivity index (χ0v) is 19.4. The van der Waals surface area contributed by atoms with E-state index in [-0.39, 0.29) is 18.4 Å². The normalized spacial score (nSPS) is 16.5. The van der Waals surface area contributed by atoms with E-state index in [9.17, 15) is 14.4 Å². The van der Waals surface area contributed by atoms with Crippen LogP contribution in [0.25, 0.3) is 0 Å². The number of anilines is 1. The topological polar surface area (TPSA) is 83.0 Å². The van der Waals surface area contributed by atoms with Gasteiger partial charge in [-0.1, -0.05) is 26.0 Å². The largest absolute Gasteiger partial charge is 0.465 e. The Balaban J connectivity index is 1.54. The summed E-state index contributed by atoms with van der Waals surface area (Å²) in [6, 6.07) is 10.1. The second kappa shape index (κ2) is 9.70. The van der Waals surface area contributed by atoms with E-state index in [1.807, 2.05) is 0 Å². The molecule has 2 aliphatic heterocycles. The molecule has 174 valence electrons. The van der Waals surface area contributed by atoms with Gasteiger partial charge < -0.3 is 9.64 Å². The maximum Gasteiger partial charge on any atom is 0.338 e. The molecule has 0 unspecified atom stereocenters. The summed E-state index contributed by atoms with van der Waals surface area (Å²) < 4.78 is 4.93. The maximum absolute atomic E-state index is 12.8. The molecule has 1 aromatic carbocycles. The molecule has 0 aliphatic carbocycles. The minimum atomic E-state index is -0.474. The number of piperazine rings is 1. The highest BCUT2D eigenvalue weighted by Gasteiger charge is 2.35. The molecule has 33 heavy (non-hydrogen) atoms. The quantitative estimate of drug-likeness (QED) is 0.474. The Morgan fingerprint density at radius 3 is 2.24 bits per heavy atom. The number of ether oxygens (including phenoxy) is 1. The molecule has 0 atom stereocenters. The molecule has 3 heterocycles. The summed E-state index contributed by atoms with van der Waals surface area (Å²) in [5.74, 6) is 0.166. The number of amides is 2. The number of methoxy groups -OCH3 is 1. The Labute approximate surface area is 194 Å². The Kier molecular flexibility index (Phi) is 6.74. The lowest BCUT2D eigenvalue weighted by Gasteiger charge is -2.36. The fourth-order valence-corrected chi connectivity index (χ4v) is 4.24. The number of hydrogen-bond acceptors (Lipinski definition) is 7. The number of fused-ring (bicyclic) bond motifs is 1. The molecule has 0 bridgehead atoms. The lowest BCUT2D eigenvalue weighted by atomic mass is 10.1. The van der Waals surface area contributed by atoms with Crippen LogP contribution >= 0.6 is 0 Å². The molecule has 2 amide bonds. The van der Waals surface area contributed by atoms with Crippen molar-refractivity contribution >= 4 is 23.6 Å². The van der Waals surface area contributed by atoms with Gasteiger partial charge in [-0.2, -0.15) is 0 Å². The summed E-state index contributed by atoms with van der Waals surface area (Å²) >= 11 is 0. The molecule has 2 aromatic rings. The minimum absolute atomic E-state index is 0.00145. The zero-order valence-electron chi connectivity index (χ0n) is 19.4. The van der Waals surface area contributed by atoms with Crippen LogP contribution in [0.5, 0.6) is 0 Å². The van der Waals surface area contributed by atoms with E-state index in [1.165, 1.54) is 18.4 Å². The van der Waals surface area contributed by atoms with E-state index in [2.05, 4.69) is 23.6 Å². The molecule has 1 aromatic heterocycles. The van der Waals surface area contributed by atoms with E-state index in [4.69, 9.17) is 9.72 Å². The van der Waals surface area contributed by atoms with Crippen LogP contribution in [0.4, 0.5) is 5.82 Å². The van der Waals surface area contributed by atoms with Gasteiger partial charge >= 0.3 is 5.97 Å². The van der Waals surface area contributed by atoms with Crippen molar-refractivity contribution in [2.45, 2.75) is 26.8 Å². The number of hydrogen-bond donors (Lipinski definition) is 0. The van der Waals surface area contributed by atoms with Gasteiger partial charge in [0.15, 0.2) is 0 Å². The van der Waals surface area contributed by atoms with Crippen molar-refractivity contribution in [1.82, 2.24) is 14.8 Å². The van der Waals surface area contributed by atoms with Gasteiger partial charge in [0, 0.05) is 26.2 Å². The molecular formula is C25H30N4O4. The van der Waals surface area contributed by atoms with Crippen molar-refractivity contribution in [3.63, 3.8) is 0 Å². The van der Waals surface area contributed by atoms with Crippen molar-refractivity contribution in [1.29, 1.82) is 0 Å². The van der Waals surface area contributed by atoms with Crippen LogP contribution in [0, 0.1) is 5.92 Å². The highest BCUT2D eigenvalue weighted by atomic mass is 16.5. The van der Waals surface area contributed by atoms with Crippen molar-refractivity contribution in [2.75, 3.05) is 44.7 Å². The highest BCUT2D eigenvalue weighted by molar-refractivity contribution is 6.21. The van der Waals surface area contributed by atoms with E-state index in [0.29, 0.717) is 34.1 Å². The summed E-state index contributed by atoms with van der Waals surface area (Å²) in [7, 11) is 1.33. The van der Waals surface area contributed by atoms with Gasteiger partial charge in [0.1, 0.15) is 5.82 Å². The molecule has 4 rings (SSSR count). The number of esters is 1. The number of rotatable bonds is 7. The summed E-state index contributed by atoms with van der Waals surface area (Å²) in [6.45, 7) is 8.97. The summed E-state index contributed by atoms with van der Waals surface area (Å²) in [5, 5.41) is 0. The first-order valence-electron chi connectivity index (χ1n) is 11.4. The monoisotopic (exact) mass is 450 g/mol. The lowest BCUT2D eigenvalue weighted by Crippen LogP contribution is -2.47. The average molecular weight is 451 g/mol. The number of imide groups is 1. The average Bonchev–Trinajstić information content (AvgIpc) is 3.07. The Morgan fingerprint density at radius 1 is 1.03 bits per heavy atom. The standard InChI is InChI=1S/C25H30N4O4/c1-17(2)8-9-27-10-12-28(13-11-27)22-15-18(25(32)33-3)14-19(26-22)16-29-23(30)20-6-4-5-7-21(20)24(29)31/h4-7,14-15,17H,8-13,16H2,1-3H3. The van der Waals surface area contributed by atoms with Gasteiger partial charge in [-0.3, -0.25) is 19.4 Å². The first-order chi connectivity index (χ1) is 15.9. The first-order valence-corrected chi connectivity index (χ1v) is 11.4. The van der Waals surface area contributed by atoms with E-state index >= 15 is 0 Å². The van der Waals surface area contributed by atoms with Crippen LogP contribution in [0.3, 0.4) is 0 Å². The molecule has 0 spiro atoms. The highest BCUT2D eigenvalue weighted by Crippen LogP contribution is 2.25. The SMILES string of the molecule is COC(=O)c1cc(CN2C(=O)c3ccccc3C2=O)nc(N2CCN(CCC(C)C)CC2)c1. The third kappa shape index (κ3) is 4.90. The number of carbonyl (C=O) groups is 3. The fraction of sp³-hybridized carbons (Fsp3) is 0.440. The second-order valence-electron chi connectivity index (χ2n) is 8.95. The summed E-state index contributed by atoms with van der Waals surface area (Å²) in [6.07, 6.45) is 1.17. The van der Waals surface area contributed by atoms with E-state index in [0.717, 1.165) is 32.7 Å². The van der Waals surface area contributed by atoms with Crippen LogP contribution in [-0.2, 0) is 11.3 Å². The zero-order chi connectivity index (χ0) is 23.5. The van der Waals surface area contributed by atoms with Gasteiger partial charge in [0.05, 0.1) is 36.0 Å². The number of benzene rings is 1. The van der Waals surface area contributed by atoms with Crippen molar-refractivity contribution in [3.8, 4) is 0 Å². The number of aromatic nitrogens is 1. The van der Waals surface area contributed by atoms with Crippen molar-refractivity contribution in [3.05, 3.63) is 58.8 Å². The second-order valence-corrected chi connectivity index (χ2v) is 8.95. The third-order valence-corrected chi connectivity index (χ3v) is 6.20. The van der Waals surface area contributed by atoms with Gasteiger partial charge in [0.2, 0.25) is 0 Å².